The van der Waals surface area contributed by atoms with E-state index in [0.717, 1.165) is 51.3 Å². The maximum absolute atomic E-state index is 4.65. The number of aromatic nitrogens is 5. The van der Waals surface area contributed by atoms with E-state index in [1.165, 1.54) is 87.8 Å². The lowest BCUT2D eigenvalue weighted by Crippen LogP contribution is -2.11. The van der Waals surface area contributed by atoms with Crippen molar-refractivity contribution in [2.24, 2.45) is 0 Å². The van der Waals surface area contributed by atoms with E-state index in [1.807, 2.05) is 12.4 Å². The summed E-state index contributed by atoms with van der Waals surface area (Å²) in [6, 6.07) is 77.7. The van der Waals surface area contributed by atoms with E-state index < -0.39 is 0 Å². The van der Waals surface area contributed by atoms with E-state index in [4.69, 9.17) is 0 Å². The summed E-state index contributed by atoms with van der Waals surface area (Å²) in [6.07, 6.45) is 8.22. The highest BCUT2D eigenvalue weighted by atomic mass is 15.0. The topological polar surface area (TPSA) is 44.6 Å². The zero-order chi connectivity index (χ0) is 45.9. The molecule has 1 N–H and O–H groups in total. The molecule has 0 bridgehead atoms. The minimum atomic E-state index is 0.754. The van der Waals surface area contributed by atoms with Crippen molar-refractivity contribution < 1.29 is 0 Å². The van der Waals surface area contributed by atoms with E-state index in [0.29, 0.717) is 0 Å². The molecule has 15 rings (SSSR count). The summed E-state index contributed by atoms with van der Waals surface area (Å²) in [7, 11) is 0. The minimum absolute atomic E-state index is 0.754. The number of nitrogens with zero attached hydrogens (tertiary/aromatic N) is 5. The van der Waals surface area contributed by atoms with Gasteiger partial charge in [-0.2, -0.15) is 0 Å². The largest absolute Gasteiger partial charge is 0.387 e. The van der Waals surface area contributed by atoms with Gasteiger partial charge in [-0.25, -0.2) is 0 Å². The third kappa shape index (κ3) is 5.71. The van der Waals surface area contributed by atoms with E-state index in [1.54, 1.807) is 0 Å². The van der Waals surface area contributed by atoms with Crippen LogP contribution >= 0.6 is 0 Å². The highest BCUT2D eigenvalue weighted by Gasteiger charge is 2.22. The van der Waals surface area contributed by atoms with Crippen molar-refractivity contribution in [3.8, 4) is 45.0 Å². The molecule has 0 amide bonds. The Hall–Kier alpha value is -9.39. The summed E-state index contributed by atoms with van der Waals surface area (Å²) in [5.74, 6) is 0. The Kier molecular flexibility index (Phi) is 8.32. The van der Waals surface area contributed by atoms with Gasteiger partial charge in [0.15, 0.2) is 0 Å². The molecule has 0 spiro atoms. The lowest BCUT2D eigenvalue weighted by Gasteiger charge is -2.15. The SMILES string of the molecule is C1=Cc2c(c3cc(-c4cccc(-n5c6ccccc6c6ccccc65)c4)ccc3n2-c2cccc(-n3c4ccncc4c4cc(-c5cccc(-n6c7ccccc7c7ccccc76)c5)ccc43)c2)CN1. The summed E-state index contributed by atoms with van der Waals surface area (Å²) in [5, 5.41) is 12.1. The Morgan fingerprint density at radius 2 is 0.757 bits per heavy atom. The van der Waals surface area contributed by atoms with Crippen LogP contribution in [0.15, 0.2) is 231 Å². The smallest absolute Gasteiger partial charge is 0.0571 e. The first-order valence-electron chi connectivity index (χ1n) is 24.0. The fraction of sp³-hybridized carbons (Fsp3) is 0.0156. The zero-order valence-corrected chi connectivity index (χ0v) is 38.0. The number of hydrogen-bond acceptors (Lipinski definition) is 2. The molecule has 1 aliphatic rings. The summed E-state index contributed by atoms with van der Waals surface area (Å²) in [5.41, 5.74) is 20.0. The molecule has 0 fully saturated rings. The number of benzene rings is 9. The van der Waals surface area contributed by atoms with Gasteiger partial charge in [-0.3, -0.25) is 4.98 Å². The van der Waals surface area contributed by atoms with Crippen molar-refractivity contribution in [2.75, 3.05) is 0 Å². The monoisotopic (exact) mass is 894 g/mol. The number of nitrogens with one attached hydrogen (secondary N) is 1. The highest BCUT2D eigenvalue weighted by Crippen LogP contribution is 2.40. The maximum atomic E-state index is 4.65. The quantitative estimate of drug-likeness (QED) is 0.181. The second-order valence-electron chi connectivity index (χ2n) is 18.5. The van der Waals surface area contributed by atoms with Crippen molar-refractivity contribution in [3.63, 3.8) is 0 Å². The van der Waals surface area contributed by atoms with Gasteiger partial charge in [0.2, 0.25) is 0 Å². The van der Waals surface area contributed by atoms with Crippen LogP contribution in [0.2, 0.25) is 0 Å². The molecular weight excluding hydrogens is 853 g/mol. The average molecular weight is 895 g/mol. The van der Waals surface area contributed by atoms with Crippen LogP contribution in [-0.2, 0) is 6.54 Å². The number of hydrogen-bond donors (Lipinski definition) is 1. The highest BCUT2D eigenvalue weighted by molar-refractivity contribution is 6.12. The number of rotatable bonds is 6. The third-order valence-corrected chi connectivity index (χ3v) is 14.7. The fourth-order valence-corrected chi connectivity index (χ4v) is 11.6. The van der Waals surface area contributed by atoms with Crippen LogP contribution in [0.4, 0.5) is 0 Å². The van der Waals surface area contributed by atoms with Crippen molar-refractivity contribution in [3.05, 3.63) is 242 Å². The van der Waals surface area contributed by atoms with Gasteiger partial charge < -0.3 is 23.6 Å². The van der Waals surface area contributed by atoms with Gasteiger partial charge in [0.05, 0.1) is 44.3 Å². The van der Waals surface area contributed by atoms with Crippen molar-refractivity contribution >= 4 is 82.4 Å². The van der Waals surface area contributed by atoms with Gasteiger partial charge in [-0.15, -0.1) is 0 Å². The Morgan fingerprint density at radius 3 is 1.31 bits per heavy atom. The molecular formula is C64H42N6. The van der Waals surface area contributed by atoms with Gasteiger partial charge in [-0.05, 0) is 132 Å². The molecule has 0 aliphatic carbocycles. The lowest BCUT2D eigenvalue weighted by atomic mass is 10.0. The predicted octanol–water partition coefficient (Wildman–Crippen LogP) is 15.7. The molecule has 0 atom stereocenters. The Balaban J connectivity index is 0.831. The van der Waals surface area contributed by atoms with Crippen LogP contribution in [-0.4, -0.2) is 23.3 Å². The Bertz CT molecular complexity index is 4390. The summed E-state index contributed by atoms with van der Waals surface area (Å²) in [4.78, 5) is 4.65. The number of fused-ring (bicyclic) bond motifs is 12. The summed E-state index contributed by atoms with van der Waals surface area (Å²) < 4.78 is 9.61. The second kappa shape index (κ2) is 15.1. The molecule has 6 nitrogen and oxygen atoms in total. The molecule has 9 aromatic carbocycles. The van der Waals surface area contributed by atoms with Crippen LogP contribution in [0.25, 0.3) is 127 Å². The first-order valence-corrected chi connectivity index (χ1v) is 24.0. The molecule has 70 heavy (non-hydrogen) atoms. The van der Waals surface area contributed by atoms with E-state index in [2.05, 4.69) is 253 Å². The molecule has 6 heterocycles. The van der Waals surface area contributed by atoms with Gasteiger partial charge in [0.1, 0.15) is 0 Å². The van der Waals surface area contributed by atoms with Gasteiger partial charge in [0, 0.05) is 85.0 Å². The van der Waals surface area contributed by atoms with Crippen LogP contribution in [0, 0.1) is 0 Å². The van der Waals surface area contributed by atoms with E-state index in [-0.39, 0.29) is 0 Å². The molecule has 14 aromatic rings. The molecule has 6 heteroatoms. The van der Waals surface area contributed by atoms with E-state index >= 15 is 0 Å². The number of pyridine rings is 1. The van der Waals surface area contributed by atoms with Crippen LogP contribution in [0.1, 0.15) is 11.3 Å². The molecule has 0 unspecified atom stereocenters. The average Bonchev–Trinajstić information content (AvgIpc) is 4.16. The lowest BCUT2D eigenvalue weighted by molar-refractivity contribution is 0.855. The predicted molar refractivity (Wildman–Crippen MR) is 291 cm³/mol. The van der Waals surface area contributed by atoms with Crippen molar-refractivity contribution in [1.82, 2.24) is 28.6 Å². The fourth-order valence-electron chi connectivity index (χ4n) is 11.6. The number of para-hydroxylation sites is 4. The Labute approximate surface area is 402 Å². The summed E-state index contributed by atoms with van der Waals surface area (Å²) in [6.45, 7) is 0.754. The maximum Gasteiger partial charge on any atom is 0.0571 e. The normalized spacial score (nSPS) is 12.6. The molecule has 0 saturated heterocycles. The minimum Gasteiger partial charge on any atom is -0.387 e. The Morgan fingerprint density at radius 1 is 0.329 bits per heavy atom. The van der Waals surface area contributed by atoms with Gasteiger partial charge >= 0.3 is 0 Å². The van der Waals surface area contributed by atoms with Crippen LogP contribution in [0.3, 0.4) is 0 Å². The summed E-state index contributed by atoms with van der Waals surface area (Å²) >= 11 is 0. The standard InChI is InChI=1S/C64H42N6/c1-5-22-57-49(18-1)50-19-2-6-23-58(50)67(57)45-14-9-12-41(34-45)43-26-28-61-53(36-43)55-39-65-32-30-63(55)69(61)47-16-11-17-48(38-47)70-62-29-27-44(37-54(62)56-40-66-33-31-64(56)70)42-13-10-15-46(35-42)68-59-24-7-3-20-51(59)52-21-4-8-25-60(52)68/h1-39,66H,40H2. The molecule has 5 aromatic heterocycles. The van der Waals surface area contributed by atoms with Gasteiger partial charge in [-0.1, -0.05) is 115 Å². The first kappa shape index (κ1) is 38.7. The van der Waals surface area contributed by atoms with Crippen molar-refractivity contribution in [2.45, 2.75) is 6.54 Å². The first-order chi connectivity index (χ1) is 34.7. The molecule has 328 valence electrons. The second-order valence-corrected chi connectivity index (χ2v) is 18.5. The zero-order valence-electron chi connectivity index (χ0n) is 38.0. The molecule has 0 saturated carbocycles. The molecule has 1 aliphatic heterocycles. The molecule has 0 radical (unpaired) electrons. The van der Waals surface area contributed by atoms with Crippen molar-refractivity contribution in [1.29, 1.82) is 0 Å². The van der Waals surface area contributed by atoms with Crippen LogP contribution < -0.4 is 5.32 Å². The van der Waals surface area contributed by atoms with Crippen LogP contribution in [0.5, 0.6) is 0 Å². The van der Waals surface area contributed by atoms with Gasteiger partial charge in [0.25, 0.3) is 0 Å². The third-order valence-electron chi connectivity index (χ3n) is 14.7. The van der Waals surface area contributed by atoms with E-state index in [9.17, 15) is 0 Å².